The molecule has 0 fully saturated rings. The van der Waals surface area contributed by atoms with Gasteiger partial charge in [0, 0.05) is 18.6 Å². The highest BCUT2D eigenvalue weighted by Crippen LogP contribution is 2.27. The molecule has 1 atom stereocenters. The van der Waals surface area contributed by atoms with Crippen molar-refractivity contribution in [2.24, 2.45) is 13.0 Å². The van der Waals surface area contributed by atoms with Gasteiger partial charge in [0.1, 0.15) is 5.82 Å². The molecule has 0 bridgehead atoms. The minimum absolute atomic E-state index is 0.141. The molecule has 1 heterocycles. The van der Waals surface area contributed by atoms with Crippen LogP contribution in [0.2, 0.25) is 10.0 Å². The van der Waals surface area contributed by atoms with Crippen LogP contribution in [0.5, 0.6) is 0 Å². The number of para-hydroxylation sites is 1. The van der Waals surface area contributed by atoms with Crippen molar-refractivity contribution in [3.63, 3.8) is 0 Å². The van der Waals surface area contributed by atoms with Gasteiger partial charge >= 0.3 is 6.03 Å². The molecule has 2 aromatic carbocycles. The van der Waals surface area contributed by atoms with Gasteiger partial charge in [-0.15, -0.1) is 0 Å². The number of nitrogens with one attached hydrogen (secondary N) is 1. The van der Waals surface area contributed by atoms with E-state index in [1.807, 2.05) is 19.1 Å². The van der Waals surface area contributed by atoms with Crippen molar-refractivity contribution in [2.75, 3.05) is 11.9 Å². The normalized spacial score (nSPS) is 12.2. The Morgan fingerprint density at radius 3 is 2.55 bits per heavy atom. The van der Waals surface area contributed by atoms with Crippen LogP contribution in [0.3, 0.4) is 0 Å². The van der Waals surface area contributed by atoms with Crippen molar-refractivity contribution in [2.45, 2.75) is 33.2 Å². The topological polar surface area (TPSA) is 67.2 Å². The predicted octanol–water partition coefficient (Wildman–Crippen LogP) is 5.88. The maximum atomic E-state index is 13.2. The molecule has 2 amide bonds. The molecular formula is C23H26Cl2N4O2. The molecule has 0 spiro atoms. The van der Waals surface area contributed by atoms with E-state index < -0.39 is 6.04 Å². The average molecular weight is 461 g/mol. The third kappa shape index (κ3) is 5.20. The molecule has 6 nitrogen and oxygen atoms in total. The molecule has 1 unspecified atom stereocenters. The largest absolute Gasteiger partial charge is 0.322 e. The van der Waals surface area contributed by atoms with Gasteiger partial charge in [-0.3, -0.25) is 9.36 Å². The molecule has 1 N–H and O–H groups in total. The van der Waals surface area contributed by atoms with Gasteiger partial charge in [0.25, 0.3) is 5.56 Å². The van der Waals surface area contributed by atoms with Gasteiger partial charge in [-0.1, -0.05) is 49.2 Å². The molecule has 0 saturated carbocycles. The number of carbonyl (C=O) groups is 1. The van der Waals surface area contributed by atoms with Crippen LogP contribution in [-0.2, 0) is 7.05 Å². The Kier molecular flexibility index (Phi) is 7.23. The number of fused-ring (bicyclic) bond motifs is 1. The summed E-state index contributed by atoms with van der Waals surface area (Å²) in [6.45, 7) is 6.57. The highest BCUT2D eigenvalue weighted by Gasteiger charge is 2.26. The summed E-state index contributed by atoms with van der Waals surface area (Å²) in [4.78, 5) is 32.5. The summed E-state index contributed by atoms with van der Waals surface area (Å²) < 4.78 is 1.51. The fourth-order valence-corrected chi connectivity index (χ4v) is 3.85. The summed E-state index contributed by atoms with van der Waals surface area (Å²) in [5.41, 5.74) is 0.938. The fraction of sp³-hybridized carbons (Fsp3) is 0.348. The predicted molar refractivity (Wildman–Crippen MR) is 127 cm³/mol. The molecule has 0 aliphatic carbocycles. The minimum Gasteiger partial charge on any atom is -0.315 e. The van der Waals surface area contributed by atoms with Crippen LogP contribution in [0.4, 0.5) is 10.5 Å². The summed E-state index contributed by atoms with van der Waals surface area (Å²) in [5, 5.41) is 4.26. The molecule has 0 aliphatic rings. The quantitative estimate of drug-likeness (QED) is 0.499. The van der Waals surface area contributed by atoms with Crippen molar-refractivity contribution in [3.8, 4) is 0 Å². The Balaban J connectivity index is 1.97. The number of rotatable bonds is 6. The first kappa shape index (κ1) is 23.1. The van der Waals surface area contributed by atoms with Crippen molar-refractivity contribution < 1.29 is 4.79 Å². The molecule has 1 aromatic heterocycles. The van der Waals surface area contributed by atoms with Crippen molar-refractivity contribution in [3.05, 3.63) is 68.7 Å². The molecule has 31 heavy (non-hydrogen) atoms. The standard InChI is InChI=1S/C23H26Cl2N4O2/c1-14(2)11-12-29(23(31)27-20-10-9-16(24)13-18(20)25)15(3)21-26-19-8-6-5-7-17(19)22(30)28(21)4/h5-10,13-15H,11-12H2,1-4H3,(H,27,31). The van der Waals surface area contributed by atoms with E-state index in [1.165, 1.54) is 4.57 Å². The van der Waals surface area contributed by atoms with Gasteiger partial charge in [0.2, 0.25) is 0 Å². The molecule has 164 valence electrons. The van der Waals surface area contributed by atoms with E-state index in [0.29, 0.717) is 44.9 Å². The van der Waals surface area contributed by atoms with Crippen molar-refractivity contribution in [1.29, 1.82) is 0 Å². The third-order valence-electron chi connectivity index (χ3n) is 5.24. The van der Waals surface area contributed by atoms with E-state index in [9.17, 15) is 9.59 Å². The van der Waals surface area contributed by atoms with E-state index in [-0.39, 0.29) is 11.6 Å². The Morgan fingerprint density at radius 2 is 1.87 bits per heavy atom. The second kappa shape index (κ2) is 9.71. The zero-order chi connectivity index (χ0) is 22.7. The second-order valence-corrected chi connectivity index (χ2v) is 8.80. The monoisotopic (exact) mass is 460 g/mol. The Labute approximate surface area is 191 Å². The molecule has 0 radical (unpaired) electrons. The van der Waals surface area contributed by atoms with Crippen LogP contribution >= 0.6 is 23.2 Å². The van der Waals surface area contributed by atoms with Gasteiger partial charge in [0.05, 0.1) is 27.7 Å². The van der Waals surface area contributed by atoms with Gasteiger partial charge in [-0.05, 0) is 49.6 Å². The lowest BCUT2D eigenvalue weighted by molar-refractivity contribution is 0.184. The van der Waals surface area contributed by atoms with E-state index in [1.54, 1.807) is 42.3 Å². The molecule has 8 heteroatoms. The molecule has 0 aliphatic heterocycles. The van der Waals surface area contributed by atoms with E-state index in [4.69, 9.17) is 28.2 Å². The van der Waals surface area contributed by atoms with Crippen molar-refractivity contribution >= 4 is 45.8 Å². The maximum absolute atomic E-state index is 13.2. The highest BCUT2D eigenvalue weighted by atomic mass is 35.5. The summed E-state index contributed by atoms with van der Waals surface area (Å²) in [5.74, 6) is 0.916. The zero-order valence-electron chi connectivity index (χ0n) is 18.0. The molecule has 3 rings (SSSR count). The van der Waals surface area contributed by atoms with Gasteiger partial charge in [-0.25, -0.2) is 9.78 Å². The molecule has 0 saturated heterocycles. The summed E-state index contributed by atoms with van der Waals surface area (Å²) in [7, 11) is 1.68. The number of hydrogen-bond acceptors (Lipinski definition) is 3. The first-order valence-electron chi connectivity index (χ1n) is 10.2. The third-order valence-corrected chi connectivity index (χ3v) is 5.79. The number of urea groups is 1. The van der Waals surface area contributed by atoms with E-state index in [2.05, 4.69) is 19.2 Å². The average Bonchev–Trinajstić information content (AvgIpc) is 2.72. The number of amides is 2. The first-order chi connectivity index (χ1) is 14.7. The second-order valence-electron chi connectivity index (χ2n) is 7.96. The minimum atomic E-state index is -0.438. The van der Waals surface area contributed by atoms with Crippen LogP contribution in [0, 0.1) is 5.92 Å². The Bertz CT molecular complexity index is 1160. The van der Waals surface area contributed by atoms with Crippen LogP contribution in [0.25, 0.3) is 10.9 Å². The van der Waals surface area contributed by atoms with Crippen LogP contribution in [0.15, 0.2) is 47.3 Å². The first-order valence-corrected chi connectivity index (χ1v) is 10.9. The maximum Gasteiger partial charge on any atom is 0.322 e. The highest BCUT2D eigenvalue weighted by molar-refractivity contribution is 6.36. The number of halogens is 2. The zero-order valence-corrected chi connectivity index (χ0v) is 19.5. The fourth-order valence-electron chi connectivity index (χ4n) is 3.39. The summed E-state index contributed by atoms with van der Waals surface area (Å²) in [6, 6.07) is 11.4. The van der Waals surface area contributed by atoms with Crippen LogP contribution in [-0.4, -0.2) is 27.0 Å². The SMILES string of the molecule is CC(C)CCN(C(=O)Nc1ccc(Cl)cc1Cl)C(C)c1nc2ccccc2c(=O)n1C. The lowest BCUT2D eigenvalue weighted by Crippen LogP contribution is -2.40. The van der Waals surface area contributed by atoms with Crippen LogP contribution in [0.1, 0.15) is 39.1 Å². The number of aromatic nitrogens is 2. The van der Waals surface area contributed by atoms with Crippen LogP contribution < -0.4 is 10.9 Å². The number of benzene rings is 2. The lowest BCUT2D eigenvalue weighted by atomic mass is 10.1. The molecular weight excluding hydrogens is 435 g/mol. The number of carbonyl (C=O) groups excluding carboxylic acids is 1. The number of anilines is 1. The lowest BCUT2D eigenvalue weighted by Gasteiger charge is -2.30. The van der Waals surface area contributed by atoms with Crippen molar-refractivity contribution in [1.82, 2.24) is 14.5 Å². The van der Waals surface area contributed by atoms with Gasteiger partial charge < -0.3 is 10.2 Å². The Hall–Kier alpha value is -2.57. The van der Waals surface area contributed by atoms with Gasteiger partial charge in [0.15, 0.2) is 0 Å². The summed E-state index contributed by atoms with van der Waals surface area (Å²) in [6.07, 6.45) is 0.799. The number of nitrogens with zero attached hydrogens (tertiary/aromatic N) is 3. The summed E-state index contributed by atoms with van der Waals surface area (Å²) >= 11 is 12.2. The van der Waals surface area contributed by atoms with E-state index >= 15 is 0 Å². The van der Waals surface area contributed by atoms with E-state index in [0.717, 1.165) is 6.42 Å². The Morgan fingerprint density at radius 1 is 1.16 bits per heavy atom. The molecule has 3 aromatic rings. The van der Waals surface area contributed by atoms with Gasteiger partial charge in [-0.2, -0.15) is 0 Å². The number of hydrogen-bond donors (Lipinski definition) is 1. The smallest absolute Gasteiger partial charge is 0.315 e.